The van der Waals surface area contributed by atoms with Crippen LogP contribution in [0.5, 0.6) is 5.75 Å². The first-order valence-corrected chi connectivity index (χ1v) is 8.19. The summed E-state index contributed by atoms with van der Waals surface area (Å²) < 4.78 is 15.9. The Morgan fingerprint density at radius 2 is 1.36 bits per heavy atom. The summed E-state index contributed by atoms with van der Waals surface area (Å²) in [4.78, 5) is 24.4. The maximum absolute atomic E-state index is 12.2. The van der Waals surface area contributed by atoms with Gasteiger partial charge in [0.25, 0.3) is 0 Å². The monoisotopic (exact) mass is 342 g/mol. The Morgan fingerprint density at radius 1 is 0.800 bits per heavy atom. The number of benzene rings is 2. The standard InChI is InChI=1S/C20H22O5/c1-15(2)14-25-20(22)18-11-7-6-10-17(18)19(21)24-13-12-23-16-8-4-3-5-9-16/h3-11,15H,12-14H2,1-2H3. The van der Waals surface area contributed by atoms with Crippen molar-refractivity contribution in [3.8, 4) is 5.75 Å². The highest BCUT2D eigenvalue weighted by Gasteiger charge is 2.19. The molecule has 0 bridgehead atoms. The largest absolute Gasteiger partial charge is 0.490 e. The molecule has 0 radical (unpaired) electrons. The molecule has 0 unspecified atom stereocenters. The van der Waals surface area contributed by atoms with Crippen LogP contribution in [0.25, 0.3) is 0 Å². The predicted molar refractivity (Wildman–Crippen MR) is 93.8 cm³/mol. The zero-order chi connectivity index (χ0) is 18.1. The highest BCUT2D eigenvalue weighted by atomic mass is 16.6. The second-order valence-electron chi connectivity index (χ2n) is 5.84. The van der Waals surface area contributed by atoms with Gasteiger partial charge in [0.05, 0.1) is 17.7 Å². The van der Waals surface area contributed by atoms with Crippen LogP contribution in [-0.4, -0.2) is 31.8 Å². The number of ether oxygens (including phenoxy) is 3. The number of hydrogen-bond donors (Lipinski definition) is 0. The Bertz CT molecular complexity index is 694. The first kappa shape index (κ1) is 18.5. The molecule has 0 heterocycles. The normalized spacial score (nSPS) is 10.4. The number of carbonyl (C=O) groups excluding carboxylic acids is 2. The van der Waals surface area contributed by atoms with E-state index in [1.807, 2.05) is 44.2 Å². The third kappa shape index (κ3) is 5.95. The summed E-state index contributed by atoms with van der Waals surface area (Å²) >= 11 is 0. The van der Waals surface area contributed by atoms with Crippen LogP contribution in [0.4, 0.5) is 0 Å². The average molecular weight is 342 g/mol. The molecule has 25 heavy (non-hydrogen) atoms. The van der Waals surface area contributed by atoms with Crippen molar-refractivity contribution in [3.05, 3.63) is 65.7 Å². The van der Waals surface area contributed by atoms with Gasteiger partial charge in [-0.15, -0.1) is 0 Å². The average Bonchev–Trinajstić information content (AvgIpc) is 2.64. The molecule has 0 N–H and O–H groups in total. The fourth-order valence-electron chi connectivity index (χ4n) is 2.05. The lowest BCUT2D eigenvalue weighted by molar-refractivity contribution is 0.0408. The Labute approximate surface area is 147 Å². The van der Waals surface area contributed by atoms with E-state index in [0.29, 0.717) is 12.4 Å². The van der Waals surface area contributed by atoms with Crippen LogP contribution >= 0.6 is 0 Å². The van der Waals surface area contributed by atoms with E-state index in [4.69, 9.17) is 14.2 Å². The number of para-hydroxylation sites is 1. The first-order valence-electron chi connectivity index (χ1n) is 8.19. The van der Waals surface area contributed by atoms with Crippen molar-refractivity contribution in [1.82, 2.24) is 0 Å². The van der Waals surface area contributed by atoms with Crippen LogP contribution in [0, 0.1) is 5.92 Å². The zero-order valence-electron chi connectivity index (χ0n) is 14.4. The van der Waals surface area contributed by atoms with Gasteiger partial charge >= 0.3 is 11.9 Å². The number of esters is 2. The lowest BCUT2D eigenvalue weighted by Gasteiger charge is -2.11. The van der Waals surface area contributed by atoms with Gasteiger partial charge in [-0.25, -0.2) is 9.59 Å². The van der Waals surface area contributed by atoms with Gasteiger partial charge < -0.3 is 14.2 Å². The molecule has 2 rings (SSSR count). The van der Waals surface area contributed by atoms with Gasteiger partial charge in [-0.05, 0) is 30.2 Å². The van der Waals surface area contributed by atoms with Gasteiger partial charge in [0, 0.05) is 0 Å². The molecule has 0 aromatic heterocycles. The van der Waals surface area contributed by atoms with Crippen molar-refractivity contribution in [1.29, 1.82) is 0 Å². The Balaban J connectivity index is 1.89. The maximum Gasteiger partial charge on any atom is 0.339 e. The second kappa shape index (κ2) is 9.47. The second-order valence-corrected chi connectivity index (χ2v) is 5.84. The van der Waals surface area contributed by atoms with Crippen LogP contribution in [0.15, 0.2) is 54.6 Å². The fourth-order valence-corrected chi connectivity index (χ4v) is 2.05. The molecule has 0 aliphatic carbocycles. The van der Waals surface area contributed by atoms with Crippen molar-refractivity contribution in [2.75, 3.05) is 19.8 Å². The van der Waals surface area contributed by atoms with Gasteiger partial charge in [0.2, 0.25) is 0 Å². The first-order chi connectivity index (χ1) is 12.1. The lowest BCUT2D eigenvalue weighted by Crippen LogP contribution is -2.17. The highest BCUT2D eigenvalue weighted by molar-refractivity contribution is 6.03. The molecule has 5 nitrogen and oxygen atoms in total. The Hall–Kier alpha value is -2.82. The smallest absolute Gasteiger partial charge is 0.339 e. The molecule has 5 heteroatoms. The molecular formula is C20H22O5. The molecular weight excluding hydrogens is 320 g/mol. The molecule has 0 saturated carbocycles. The van der Waals surface area contributed by atoms with E-state index in [1.165, 1.54) is 0 Å². The van der Waals surface area contributed by atoms with E-state index in [2.05, 4.69) is 0 Å². The third-order valence-electron chi connectivity index (χ3n) is 3.24. The quantitative estimate of drug-likeness (QED) is 0.540. The summed E-state index contributed by atoms with van der Waals surface area (Å²) in [6.07, 6.45) is 0. The van der Waals surface area contributed by atoms with Crippen LogP contribution in [0.2, 0.25) is 0 Å². The number of hydrogen-bond acceptors (Lipinski definition) is 5. The molecule has 0 aliphatic heterocycles. The highest BCUT2D eigenvalue weighted by Crippen LogP contribution is 2.13. The minimum absolute atomic E-state index is 0.0864. The van der Waals surface area contributed by atoms with E-state index in [0.717, 1.165) is 0 Å². The molecule has 2 aromatic rings. The van der Waals surface area contributed by atoms with Crippen molar-refractivity contribution in [2.24, 2.45) is 5.92 Å². The van der Waals surface area contributed by atoms with Gasteiger partial charge in [0.15, 0.2) is 0 Å². The van der Waals surface area contributed by atoms with Crippen LogP contribution in [-0.2, 0) is 9.47 Å². The summed E-state index contributed by atoms with van der Waals surface area (Å²) in [6, 6.07) is 15.7. The topological polar surface area (TPSA) is 61.8 Å². The predicted octanol–water partition coefficient (Wildman–Crippen LogP) is 3.74. The van der Waals surface area contributed by atoms with Crippen LogP contribution in [0.1, 0.15) is 34.6 Å². The molecule has 2 aromatic carbocycles. The minimum Gasteiger partial charge on any atom is -0.490 e. The molecule has 0 spiro atoms. The Kier molecular flexibility index (Phi) is 7.01. The minimum atomic E-state index is -0.575. The van der Waals surface area contributed by atoms with E-state index >= 15 is 0 Å². The maximum atomic E-state index is 12.2. The molecule has 0 aliphatic rings. The van der Waals surface area contributed by atoms with E-state index in [9.17, 15) is 9.59 Å². The lowest BCUT2D eigenvalue weighted by atomic mass is 10.1. The van der Waals surface area contributed by atoms with Crippen molar-refractivity contribution < 1.29 is 23.8 Å². The van der Waals surface area contributed by atoms with E-state index in [1.54, 1.807) is 24.3 Å². The fraction of sp³-hybridized carbons (Fsp3) is 0.300. The summed E-state index contributed by atoms with van der Waals surface area (Å²) in [5, 5.41) is 0. The van der Waals surface area contributed by atoms with Crippen LogP contribution in [0.3, 0.4) is 0 Å². The van der Waals surface area contributed by atoms with E-state index < -0.39 is 11.9 Å². The Morgan fingerprint density at radius 3 is 1.96 bits per heavy atom. The van der Waals surface area contributed by atoms with Gasteiger partial charge in [-0.2, -0.15) is 0 Å². The zero-order valence-corrected chi connectivity index (χ0v) is 14.4. The van der Waals surface area contributed by atoms with Gasteiger partial charge in [0.1, 0.15) is 19.0 Å². The van der Waals surface area contributed by atoms with Crippen LogP contribution < -0.4 is 4.74 Å². The van der Waals surface area contributed by atoms with Crippen molar-refractivity contribution in [2.45, 2.75) is 13.8 Å². The van der Waals surface area contributed by atoms with Crippen molar-refractivity contribution in [3.63, 3.8) is 0 Å². The summed E-state index contributed by atoms with van der Waals surface area (Å²) in [5.41, 5.74) is 0.396. The van der Waals surface area contributed by atoms with Gasteiger partial charge in [-0.3, -0.25) is 0 Å². The summed E-state index contributed by atoms with van der Waals surface area (Å²) in [7, 11) is 0. The third-order valence-corrected chi connectivity index (χ3v) is 3.24. The van der Waals surface area contributed by atoms with Gasteiger partial charge in [-0.1, -0.05) is 44.2 Å². The summed E-state index contributed by atoms with van der Waals surface area (Å²) in [6.45, 7) is 4.51. The molecule has 0 amide bonds. The number of carbonyl (C=O) groups is 2. The van der Waals surface area contributed by atoms with E-state index in [-0.39, 0.29) is 30.3 Å². The SMILES string of the molecule is CC(C)COC(=O)c1ccccc1C(=O)OCCOc1ccccc1. The number of rotatable bonds is 8. The molecule has 0 fully saturated rings. The molecule has 0 saturated heterocycles. The summed E-state index contributed by atoms with van der Waals surface area (Å²) in [5.74, 6) is -0.176. The molecule has 0 atom stereocenters. The molecule has 132 valence electrons. The van der Waals surface area contributed by atoms with Crippen molar-refractivity contribution >= 4 is 11.9 Å².